The Bertz CT molecular complexity index is 1880. The van der Waals surface area contributed by atoms with Gasteiger partial charge in [0, 0.05) is 24.3 Å². The summed E-state index contributed by atoms with van der Waals surface area (Å²) in [5.41, 5.74) is 0.926. The van der Waals surface area contributed by atoms with Gasteiger partial charge < -0.3 is 14.3 Å². The minimum atomic E-state index is -4.71. The number of ether oxygens (including phenoxy) is 2. The maximum atomic E-state index is 13.5. The number of carbonyl (C=O) groups is 2. The smallest absolute Gasteiger partial charge is 0.435 e. The van der Waals surface area contributed by atoms with E-state index >= 15 is 0 Å². The zero-order valence-electron chi connectivity index (χ0n) is 25.5. The van der Waals surface area contributed by atoms with Crippen LogP contribution in [0.2, 0.25) is 0 Å². The number of nitrogens with zero attached hydrogens (tertiary/aromatic N) is 5. The van der Waals surface area contributed by atoms with Gasteiger partial charge >= 0.3 is 18.2 Å². The first kappa shape index (κ1) is 33.9. The van der Waals surface area contributed by atoms with Crippen molar-refractivity contribution in [1.82, 2.24) is 19.5 Å². The third-order valence-corrected chi connectivity index (χ3v) is 8.43. The molecule has 3 aromatic carbocycles. The number of alkyl halides is 3. The third-order valence-electron chi connectivity index (χ3n) is 7.11. The van der Waals surface area contributed by atoms with Crippen LogP contribution in [-0.4, -0.2) is 60.8 Å². The fraction of sp³-hybridized carbons (Fsp3) is 0.258. The highest BCUT2D eigenvalue weighted by atomic mass is 32.2. The molecule has 0 spiro atoms. The van der Waals surface area contributed by atoms with E-state index in [0.29, 0.717) is 24.1 Å². The van der Waals surface area contributed by atoms with Crippen molar-refractivity contribution in [2.75, 3.05) is 13.2 Å². The zero-order valence-corrected chi connectivity index (χ0v) is 26.3. The lowest BCUT2D eigenvalue weighted by Crippen LogP contribution is -2.47. The first-order chi connectivity index (χ1) is 22.8. The lowest BCUT2D eigenvalue weighted by atomic mass is 10.1. The minimum absolute atomic E-state index is 0.150. The Morgan fingerprint density at radius 1 is 1.04 bits per heavy atom. The monoisotopic (exact) mass is 686 g/mol. The number of carbonyl (C=O) groups excluding carboxylic acids is 2. The van der Waals surface area contributed by atoms with Gasteiger partial charge in [-0.1, -0.05) is 48.0 Å². The maximum Gasteiger partial charge on any atom is 0.435 e. The second-order valence-electron chi connectivity index (χ2n) is 10.6. The summed E-state index contributed by atoms with van der Waals surface area (Å²) in [6.07, 6.45) is -6.42. The molecule has 2 atom stereocenters. The molecule has 13 nitrogen and oxygen atoms in total. The molecule has 1 unspecified atom stereocenters. The summed E-state index contributed by atoms with van der Waals surface area (Å²) < 4.78 is 79.2. The third kappa shape index (κ3) is 8.28. The summed E-state index contributed by atoms with van der Waals surface area (Å²) in [6.45, 7) is 3.53. The molecule has 0 bridgehead atoms. The van der Waals surface area contributed by atoms with Gasteiger partial charge in [-0.3, -0.25) is 5.01 Å². The molecular formula is C31H29F3N6O7S. The highest BCUT2D eigenvalue weighted by Gasteiger charge is 2.35. The molecule has 1 N–H and O–H groups in total. The molecule has 1 aliphatic rings. The van der Waals surface area contributed by atoms with Crippen molar-refractivity contribution >= 4 is 22.1 Å². The molecule has 17 heteroatoms. The van der Waals surface area contributed by atoms with E-state index < -0.39 is 46.3 Å². The molecule has 0 radical (unpaired) electrons. The Morgan fingerprint density at radius 3 is 2.35 bits per heavy atom. The fourth-order valence-corrected chi connectivity index (χ4v) is 5.34. The molecule has 0 aliphatic carbocycles. The molecule has 0 saturated carbocycles. The minimum Gasteiger partial charge on any atom is -0.447 e. The lowest BCUT2D eigenvalue weighted by Gasteiger charge is -2.36. The summed E-state index contributed by atoms with van der Waals surface area (Å²) in [4.78, 5) is 29.1. The maximum absolute atomic E-state index is 13.5. The molecule has 5 rings (SSSR count). The number of nitrogens with one attached hydrogen (secondary N) is 1. The van der Waals surface area contributed by atoms with Crippen LogP contribution in [0.25, 0.3) is 16.9 Å². The van der Waals surface area contributed by atoms with Gasteiger partial charge in [0.1, 0.15) is 6.61 Å². The predicted octanol–water partition coefficient (Wildman–Crippen LogP) is 5.86. The van der Waals surface area contributed by atoms with E-state index in [1.54, 1.807) is 59.3 Å². The Balaban J connectivity index is 1.14. The topological polar surface area (TPSA) is 154 Å². The van der Waals surface area contributed by atoms with E-state index in [2.05, 4.69) is 15.6 Å². The lowest BCUT2D eigenvalue weighted by molar-refractivity contribution is -0.141. The van der Waals surface area contributed by atoms with Crippen molar-refractivity contribution in [3.8, 4) is 16.9 Å². The molecule has 1 aliphatic heterocycles. The molecule has 252 valence electrons. The van der Waals surface area contributed by atoms with E-state index in [9.17, 15) is 31.2 Å². The highest BCUT2D eigenvalue weighted by Crippen LogP contribution is 2.33. The number of aryl methyl sites for hydroxylation is 1. The number of amides is 1. The van der Waals surface area contributed by atoms with Crippen molar-refractivity contribution in [2.24, 2.45) is 10.5 Å². The van der Waals surface area contributed by atoms with Crippen molar-refractivity contribution in [3.05, 3.63) is 102 Å². The van der Waals surface area contributed by atoms with Crippen molar-refractivity contribution in [1.29, 1.82) is 0 Å². The van der Waals surface area contributed by atoms with Gasteiger partial charge in [-0.25, -0.2) is 27.4 Å². The molecule has 4 aromatic rings. The van der Waals surface area contributed by atoms with Crippen LogP contribution >= 0.6 is 0 Å². The van der Waals surface area contributed by atoms with Crippen molar-refractivity contribution in [2.45, 2.75) is 43.7 Å². The van der Waals surface area contributed by atoms with Crippen LogP contribution in [-0.2, 0) is 30.5 Å². The van der Waals surface area contributed by atoms with Crippen LogP contribution in [0.15, 0.2) is 100 Å². The van der Waals surface area contributed by atoms with Gasteiger partial charge in [-0.2, -0.15) is 18.3 Å². The number of hydrogen-bond donors (Lipinski definition) is 1. The molecular weight excluding hydrogens is 657 g/mol. The quantitative estimate of drug-likeness (QED) is 0.0885. The molecule has 48 heavy (non-hydrogen) atoms. The van der Waals surface area contributed by atoms with Crippen LogP contribution in [0.1, 0.15) is 35.0 Å². The second-order valence-corrected chi connectivity index (χ2v) is 12.3. The first-order valence-electron chi connectivity index (χ1n) is 14.4. The van der Waals surface area contributed by atoms with Gasteiger partial charge in [-0.05, 0) is 61.0 Å². The van der Waals surface area contributed by atoms with Crippen LogP contribution in [0, 0.1) is 6.92 Å². The van der Waals surface area contributed by atoms with Crippen LogP contribution in [0.4, 0.5) is 18.0 Å². The van der Waals surface area contributed by atoms with E-state index in [-0.39, 0.29) is 22.9 Å². The number of hydrogen-bond acceptors (Lipinski definition) is 10. The number of esters is 1. The van der Waals surface area contributed by atoms with Gasteiger partial charge in [0.05, 0.1) is 27.9 Å². The van der Waals surface area contributed by atoms with E-state index in [0.717, 1.165) is 28.4 Å². The average molecular weight is 687 g/mol. The van der Waals surface area contributed by atoms with Gasteiger partial charge in [0.15, 0.2) is 5.69 Å². The number of rotatable bonds is 11. The normalized spacial score (nSPS) is 15.4. The molecule has 1 saturated heterocycles. The Kier molecular flexibility index (Phi) is 9.98. The van der Waals surface area contributed by atoms with Crippen molar-refractivity contribution in [3.63, 3.8) is 0 Å². The summed E-state index contributed by atoms with van der Waals surface area (Å²) in [7, 11) is -4.40. The fourth-order valence-electron chi connectivity index (χ4n) is 4.45. The predicted molar refractivity (Wildman–Crippen MR) is 163 cm³/mol. The van der Waals surface area contributed by atoms with Gasteiger partial charge in [0.2, 0.25) is 0 Å². The molecule has 1 fully saturated rings. The molecule has 1 aromatic heterocycles. The number of benzene rings is 3. The average Bonchev–Trinajstić information content (AvgIpc) is 3.50. The summed E-state index contributed by atoms with van der Waals surface area (Å²) in [5, 5.41) is 12.5. The summed E-state index contributed by atoms with van der Waals surface area (Å²) in [5.74, 6) is -0.602. The van der Waals surface area contributed by atoms with Crippen LogP contribution in [0.5, 0.6) is 0 Å². The Hall–Kier alpha value is -5.45. The highest BCUT2D eigenvalue weighted by molar-refractivity contribution is 7.90. The zero-order chi connectivity index (χ0) is 34.5. The number of halogens is 3. The second kappa shape index (κ2) is 14.1. The van der Waals surface area contributed by atoms with E-state index in [4.69, 9.17) is 14.3 Å². The van der Waals surface area contributed by atoms with E-state index in [1.165, 1.54) is 24.1 Å². The molecule has 1 amide bonds. The first-order valence-corrected chi connectivity index (χ1v) is 15.9. The van der Waals surface area contributed by atoms with Crippen LogP contribution in [0.3, 0.4) is 0 Å². The number of aromatic nitrogens is 2. The van der Waals surface area contributed by atoms with Crippen LogP contribution < -0.4 is 4.72 Å². The standard InChI is InChI=1S/C31H29F3N6O7S/c1-20-8-10-22(11-9-20)27-18-28(31(32,33)34)35-40(27)24-12-14-26(15-13-24)48(43,44)36-30(42)45-19-25-16-17-39(25)37-38-47-21(2)46-29(41)23-6-4-3-5-7-23/h3-15,18,21,25H,16-17,19H2,1-2H3,(H,36,42)/b38-37-/t21?,25-/m0/s1. The number of sulfonamides is 1. The summed E-state index contributed by atoms with van der Waals surface area (Å²) in [6, 6.07) is 20.4. The molecule has 2 heterocycles. The van der Waals surface area contributed by atoms with E-state index in [1.807, 2.05) is 6.92 Å². The van der Waals surface area contributed by atoms with Gasteiger partial charge in [0.25, 0.3) is 16.3 Å². The van der Waals surface area contributed by atoms with Gasteiger partial charge in [-0.15, -0.1) is 0 Å². The summed E-state index contributed by atoms with van der Waals surface area (Å²) >= 11 is 0. The van der Waals surface area contributed by atoms with Crippen molar-refractivity contribution < 1.29 is 45.5 Å². The Morgan fingerprint density at radius 2 is 1.73 bits per heavy atom. The Labute approximate surface area is 272 Å². The largest absolute Gasteiger partial charge is 0.447 e. The SMILES string of the molecule is Cc1ccc(-c2cc(C(F)(F)F)nn2-c2ccc(S(=O)(=O)NC(=O)OC[C@@H]3CCN3/N=N\OC(C)OC(=O)c3ccccc3)cc2)cc1.